The fourth-order valence-corrected chi connectivity index (χ4v) is 2.92. The average Bonchev–Trinajstić information content (AvgIpc) is 2.73. The Morgan fingerprint density at radius 1 is 1.30 bits per heavy atom. The topological polar surface area (TPSA) is 46.0 Å². The van der Waals surface area contributed by atoms with Crippen LogP contribution in [0, 0.1) is 0 Å². The fraction of sp³-hybridized carbons (Fsp3) is 0.867. The third kappa shape index (κ3) is 4.87. The van der Waals surface area contributed by atoms with Crippen LogP contribution < -0.4 is 5.32 Å². The second-order valence-electron chi connectivity index (χ2n) is 5.88. The molecule has 0 aromatic carbocycles. The molecule has 1 heterocycles. The molecule has 0 atom stereocenters. The molecular formula is C15H29N5. The Balaban J connectivity index is 1.74. The second kappa shape index (κ2) is 8.37. The number of likely N-dealkylation sites (N-methyl/N-ethyl adjacent to an activating group) is 1. The van der Waals surface area contributed by atoms with Crippen LogP contribution in [0.1, 0.15) is 51.1 Å². The summed E-state index contributed by atoms with van der Waals surface area (Å²) in [6, 6.07) is 0.766. The summed E-state index contributed by atoms with van der Waals surface area (Å²) >= 11 is 0. The summed E-state index contributed by atoms with van der Waals surface area (Å²) in [7, 11) is 2.26. The van der Waals surface area contributed by atoms with Crippen LogP contribution in [0.3, 0.4) is 0 Å². The van der Waals surface area contributed by atoms with Crippen LogP contribution >= 0.6 is 0 Å². The maximum Gasteiger partial charge on any atom is 0.0964 e. The number of hydrogen-bond donors (Lipinski definition) is 1. The Hall–Kier alpha value is -0.940. The third-order valence-electron chi connectivity index (χ3n) is 4.27. The van der Waals surface area contributed by atoms with Crippen LogP contribution in [-0.2, 0) is 13.1 Å². The van der Waals surface area contributed by atoms with Crippen LogP contribution in [0.4, 0.5) is 0 Å². The van der Waals surface area contributed by atoms with Gasteiger partial charge < -0.3 is 10.2 Å². The first-order chi connectivity index (χ1) is 9.79. The highest BCUT2D eigenvalue weighted by Crippen LogP contribution is 2.20. The molecule has 0 unspecified atom stereocenters. The summed E-state index contributed by atoms with van der Waals surface area (Å²) in [5.74, 6) is 0. The molecule has 1 fully saturated rings. The zero-order valence-corrected chi connectivity index (χ0v) is 13.0. The van der Waals surface area contributed by atoms with Crippen molar-refractivity contribution in [2.75, 3.05) is 20.1 Å². The Kier molecular flexibility index (Phi) is 6.47. The summed E-state index contributed by atoms with van der Waals surface area (Å²) in [6.07, 6.45) is 10.4. The predicted molar refractivity (Wildman–Crippen MR) is 81.5 cm³/mol. The van der Waals surface area contributed by atoms with Gasteiger partial charge in [0, 0.05) is 25.3 Å². The standard InChI is InChI=1S/C15H29N5/c1-3-16-12-14-13-20(18-17-14)11-10-19(2)15-8-6-4-5-7-9-15/h13,15-16H,3-12H2,1-2H3. The van der Waals surface area contributed by atoms with Crippen molar-refractivity contribution in [3.63, 3.8) is 0 Å². The van der Waals surface area contributed by atoms with Gasteiger partial charge in [-0.15, -0.1) is 5.10 Å². The lowest BCUT2D eigenvalue weighted by Crippen LogP contribution is -2.34. The van der Waals surface area contributed by atoms with Crippen molar-refractivity contribution in [3.05, 3.63) is 11.9 Å². The smallest absolute Gasteiger partial charge is 0.0964 e. The molecule has 5 nitrogen and oxygen atoms in total. The van der Waals surface area contributed by atoms with E-state index in [9.17, 15) is 0 Å². The number of rotatable bonds is 7. The maximum atomic E-state index is 4.20. The first-order valence-corrected chi connectivity index (χ1v) is 8.09. The van der Waals surface area contributed by atoms with Crippen molar-refractivity contribution in [1.82, 2.24) is 25.2 Å². The average molecular weight is 279 g/mol. The van der Waals surface area contributed by atoms with Crippen LogP contribution in [0.25, 0.3) is 0 Å². The van der Waals surface area contributed by atoms with Crippen molar-refractivity contribution >= 4 is 0 Å². The lowest BCUT2D eigenvalue weighted by atomic mass is 10.1. The van der Waals surface area contributed by atoms with E-state index in [0.29, 0.717) is 0 Å². The highest BCUT2D eigenvalue weighted by Gasteiger charge is 2.16. The largest absolute Gasteiger partial charge is 0.311 e. The molecule has 1 aliphatic carbocycles. The summed E-state index contributed by atoms with van der Waals surface area (Å²) in [5.41, 5.74) is 1.03. The molecule has 1 aromatic rings. The molecule has 1 saturated carbocycles. The van der Waals surface area contributed by atoms with Gasteiger partial charge in [0.1, 0.15) is 0 Å². The predicted octanol–water partition coefficient (Wildman–Crippen LogP) is 2.04. The van der Waals surface area contributed by atoms with E-state index >= 15 is 0 Å². The van der Waals surface area contributed by atoms with E-state index < -0.39 is 0 Å². The van der Waals surface area contributed by atoms with Gasteiger partial charge in [-0.1, -0.05) is 37.8 Å². The lowest BCUT2D eigenvalue weighted by Gasteiger charge is -2.26. The van der Waals surface area contributed by atoms with E-state index in [4.69, 9.17) is 0 Å². The number of nitrogens with one attached hydrogen (secondary N) is 1. The van der Waals surface area contributed by atoms with E-state index in [2.05, 4.69) is 40.7 Å². The minimum Gasteiger partial charge on any atom is -0.311 e. The minimum absolute atomic E-state index is 0.766. The van der Waals surface area contributed by atoms with Crippen LogP contribution in [-0.4, -0.2) is 46.1 Å². The summed E-state index contributed by atoms with van der Waals surface area (Å²) in [4.78, 5) is 2.51. The van der Waals surface area contributed by atoms with Gasteiger partial charge >= 0.3 is 0 Å². The molecule has 0 radical (unpaired) electrons. The maximum absolute atomic E-state index is 4.20. The van der Waals surface area contributed by atoms with Gasteiger partial charge in [-0.25, -0.2) is 0 Å². The van der Waals surface area contributed by atoms with Gasteiger partial charge in [-0.2, -0.15) is 0 Å². The lowest BCUT2D eigenvalue weighted by molar-refractivity contribution is 0.210. The molecule has 0 bridgehead atoms. The van der Waals surface area contributed by atoms with E-state index in [1.807, 2.05) is 4.68 Å². The highest BCUT2D eigenvalue weighted by atomic mass is 15.4. The molecule has 114 valence electrons. The molecule has 1 N–H and O–H groups in total. The molecule has 20 heavy (non-hydrogen) atoms. The Morgan fingerprint density at radius 3 is 2.75 bits per heavy atom. The highest BCUT2D eigenvalue weighted by molar-refractivity contribution is 4.91. The van der Waals surface area contributed by atoms with Crippen LogP contribution in [0.5, 0.6) is 0 Å². The van der Waals surface area contributed by atoms with Gasteiger partial charge in [-0.05, 0) is 26.4 Å². The molecule has 1 aromatic heterocycles. The van der Waals surface area contributed by atoms with Crippen LogP contribution in [0.15, 0.2) is 6.20 Å². The number of aromatic nitrogens is 3. The van der Waals surface area contributed by atoms with Crippen molar-refractivity contribution in [3.8, 4) is 0 Å². The molecule has 0 spiro atoms. The van der Waals surface area contributed by atoms with Crippen molar-refractivity contribution in [1.29, 1.82) is 0 Å². The van der Waals surface area contributed by atoms with E-state index in [1.54, 1.807) is 0 Å². The zero-order valence-electron chi connectivity index (χ0n) is 13.0. The molecule has 0 amide bonds. The second-order valence-corrected chi connectivity index (χ2v) is 5.88. The zero-order chi connectivity index (χ0) is 14.2. The summed E-state index contributed by atoms with van der Waals surface area (Å²) < 4.78 is 1.97. The van der Waals surface area contributed by atoms with Crippen molar-refractivity contribution in [2.24, 2.45) is 0 Å². The number of hydrogen-bond acceptors (Lipinski definition) is 4. The molecule has 2 rings (SSSR count). The Bertz CT molecular complexity index is 368. The van der Waals surface area contributed by atoms with Gasteiger partial charge in [-0.3, -0.25) is 4.68 Å². The summed E-state index contributed by atoms with van der Waals surface area (Å²) in [5, 5.41) is 11.7. The molecule has 5 heteroatoms. The number of nitrogens with zero attached hydrogens (tertiary/aromatic N) is 4. The van der Waals surface area contributed by atoms with Crippen LogP contribution in [0.2, 0.25) is 0 Å². The van der Waals surface area contributed by atoms with Gasteiger partial charge in [0.05, 0.1) is 12.2 Å². The molecule has 1 aliphatic rings. The SMILES string of the molecule is CCNCc1cn(CCN(C)C2CCCCCC2)nn1. The fourth-order valence-electron chi connectivity index (χ4n) is 2.92. The van der Waals surface area contributed by atoms with E-state index in [0.717, 1.165) is 37.9 Å². The quantitative estimate of drug-likeness (QED) is 0.776. The van der Waals surface area contributed by atoms with Gasteiger partial charge in [0.2, 0.25) is 0 Å². The van der Waals surface area contributed by atoms with Crippen molar-refractivity contribution < 1.29 is 0 Å². The first kappa shape index (κ1) is 15.4. The normalized spacial score (nSPS) is 17.6. The third-order valence-corrected chi connectivity index (χ3v) is 4.27. The molecule has 0 saturated heterocycles. The molecule has 0 aliphatic heterocycles. The summed E-state index contributed by atoms with van der Waals surface area (Å²) in [6.45, 7) is 5.89. The first-order valence-electron chi connectivity index (χ1n) is 8.09. The van der Waals surface area contributed by atoms with Gasteiger partial charge in [0.25, 0.3) is 0 Å². The van der Waals surface area contributed by atoms with E-state index in [1.165, 1.54) is 38.5 Å². The molecular weight excluding hydrogens is 250 g/mol. The Morgan fingerprint density at radius 2 is 2.05 bits per heavy atom. The Labute approximate surface area is 122 Å². The minimum atomic E-state index is 0.766. The van der Waals surface area contributed by atoms with E-state index in [-0.39, 0.29) is 0 Å². The monoisotopic (exact) mass is 279 g/mol. The van der Waals surface area contributed by atoms with Crippen molar-refractivity contribution in [2.45, 2.75) is 64.6 Å². The van der Waals surface area contributed by atoms with Gasteiger partial charge in [0.15, 0.2) is 0 Å².